The fourth-order valence-corrected chi connectivity index (χ4v) is 4.95. The average molecular weight is 296 g/mol. The van der Waals surface area contributed by atoms with Crippen molar-refractivity contribution in [1.29, 1.82) is 0 Å². The smallest absolute Gasteiger partial charge is 0.0690 e. The Morgan fingerprint density at radius 1 is 1.29 bits per heavy atom. The van der Waals surface area contributed by atoms with Gasteiger partial charge in [0.15, 0.2) is 0 Å². The molecule has 21 heavy (non-hydrogen) atoms. The minimum atomic E-state index is -0.147. The van der Waals surface area contributed by atoms with Crippen LogP contribution in [0.1, 0.15) is 47.0 Å². The van der Waals surface area contributed by atoms with E-state index in [1.807, 2.05) is 7.11 Å². The summed E-state index contributed by atoms with van der Waals surface area (Å²) in [5.41, 5.74) is 6.95. The van der Waals surface area contributed by atoms with E-state index >= 15 is 0 Å². The zero-order chi connectivity index (χ0) is 15.5. The van der Waals surface area contributed by atoms with Crippen LogP contribution in [0.5, 0.6) is 0 Å². The van der Waals surface area contributed by atoms with Gasteiger partial charge >= 0.3 is 0 Å². The molecule has 0 aromatic carbocycles. The zero-order valence-electron chi connectivity index (χ0n) is 14.2. The third kappa shape index (κ3) is 2.03. The summed E-state index contributed by atoms with van der Waals surface area (Å²) in [5.74, 6) is 0.509. The van der Waals surface area contributed by atoms with Crippen LogP contribution in [-0.4, -0.2) is 44.1 Å². The Morgan fingerprint density at radius 2 is 2.00 bits per heavy atom. The second-order valence-corrected chi connectivity index (χ2v) is 8.52. The summed E-state index contributed by atoms with van der Waals surface area (Å²) in [7, 11) is 1.81. The van der Waals surface area contributed by atoms with E-state index in [0.717, 1.165) is 26.0 Å². The number of fused-ring (bicyclic) bond motifs is 1. The Bertz CT molecular complexity index is 410. The Kier molecular flexibility index (Phi) is 3.68. The van der Waals surface area contributed by atoms with E-state index in [1.165, 1.54) is 6.42 Å². The van der Waals surface area contributed by atoms with E-state index in [0.29, 0.717) is 24.2 Å². The molecule has 2 saturated carbocycles. The molecule has 0 aromatic heterocycles. The van der Waals surface area contributed by atoms with Gasteiger partial charge in [-0.05, 0) is 19.3 Å². The number of methoxy groups -OCH3 is 1. The third-order valence-electron chi connectivity index (χ3n) is 7.00. The normalized spacial score (nSPS) is 47.1. The monoisotopic (exact) mass is 296 g/mol. The summed E-state index contributed by atoms with van der Waals surface area (Å²) >= 11 is 0. The lowest BCUT2D eigenvalue weighted by molar-refractivity contribution is -0.228. The van der Waals surface area contributed by atoms with Crippen LogP contribution < -0.4 is 11.1 Å². The highest BCUT2D eigenvalue weighted by molar-refractivity contribution is 5.21. The molecule has 4 heteroatoms. The molecule has 0 amide bonds. The first-order valence-electron chi connectivity index (χ1n) is 8.42. The fourth-order valence-electron chi connectivity index (χ4n) is 4.95. The first-order valence-corrected chi connectivity index (χ1v) is 8.42. The van der Waals surface area contributed by atoms with Crippen LogP contribution in [-0.2, 0) is 9.47 Å². The molecule has 3 fully saturated rings. The van der Waals surface area contributed by atoms with Crippen molar-refractivity contribution in [3.05, 3.63) is 0 Å². The van der Waals surface area contributed by atoms with Crippen LogP contribution >= 0.6 is 0 Å². The number of nitrogens with two attached hydrogens (primary N) is 1. The molecule has 3 aliphatic rings. The molecular weight excluding hydrogens is 264 g/mol. The SMILES string of the molecule is COC1CC(NCC2(N)C3CCCOC3C2(C)C)C1(C)C. The minimum absolute atomic E-state index is 0.0552. The van der Waals surface area contributed by atoms with Crippen molar-refractivity contribution in [3.63, 3.8) is 0 Å². The summed E-state index contributed by atoms with van der Waals surface area (Å²) in [6.07, 6.45) is 4.16. The van der Waals surface area contributed by atoms with Crippen LogP contribution in [0, 0.1) is 16.7 Å². The molecule has 1 aliphatic heterocycles. The summed E-state index contributed by atoms with van der Waals surface area (Å²) in [6, 6.07) is 0.502. The Balaban J connectivity index is 1.62. The molecule has 1 saturated heterocycles. The number of hydrogen-bond acceptors (Lipinski definition) is 4. The number of rotatable bonds is 4. The second-order valence-electron chi connectivity index (χ2n) is 8.52. The van der Waals surface area contributed by atoms with Gasteiger partial charge in [0.1, 0.15) is 0 Å². The van der Waals surface area contributed by atoms with Crippen molar-refractivity contribution in [3.8, 4) is 0 Å². The van der Waals surface area contributed by atoms with Gasteiger partial charge in [0.05, 0.1) is 12.2 Å². The molecule has 1 heterocycles. The molecule has 3 N–H and O–H groups in total. The van der Waals surface area contributed by atoms with Gasteiger partial charge in [-0.1, -0.05) is 27.7 Å². The van der Waals surface area contributed by atoms with Crippen LogP contribution in [0.15, 0.2) is 0 Å². The molecule has 3 rings (SSSR count). The summed E-state index contributed by atoms with van der Waals surface area (Å²) in [5, 5.41) is 3.74. The standard InChI is InChI=1S/C17H32N2O2/c1-15(2)12(9-13(15)20-5)19-10-17(18)11-7-6-8-21-14(11)16(17,3)4/h11-14,19H,6-10,18H2,1-5H3. The van der Waals surface area contributed by atoms with Crippen LogP contribution in [0.2, 0.25) is 0 Å². The van der Waals surface area contributed by atoms with Crippen LogP contribution in [0.25, 0.3) is 0 Å². The molecular formula is C17H32N2O2. The first kappa shape index (κ1) is 15.7. The largest absolute Gasteiger partial charge is 0.381 e. The van der Waals surface area contributed by atoms with Crippen LogP contribution in [0.4, 0.5) is 0 Å². The van der Waals surface area contributed by atoms with Gasteiger partial charge in [-0.15, -0.1) is 0 Å². The lowest BCUT2D eigenvalue weighted by atomic mass is 9.46. The predicted molar refractivity (Wildman–Crippen MR) is 84.1 cm³/mol. The lowest BCUT2D eigenvalue weighted by Crippen LogP contribution is -2.81. The van der Waals surface area contributed by atoms with E-state index in [4.69, 9.17) is 15.2 Å². The molecule has 122 valence electrons. The number of hydrogen-bond donors (Lipinski definition) is 2. The molecule has 0 bridgehead atoms. The first-order chi connectivity index (χ1) is 9.75. The molecule has 4 nitrogen and oxygen atoms in total. The quantitative estimate of drug-likeness (QED) is 0.832. The zero-order valence-corrected chi connectivity index (χ0v) is 14.2. The average Bonchev–Trinajstić information content (AvgIpc) is 2.46. The minimum Gasteiger partial charge on any atom is -0.381 e. The van der Waals surface area contributed by atoms with Gasteiger partial charge in [0, 0.05) is 48.6 Å². The van der Waals surface area contributed by atoms with E-state index < -0.39 is 0 Å². The predicted octanol–water partition coefficient (Wildman–Crippen LogP) is 1.92. The van der Waals surface area contributed by atoms with Crippen molar-refractivity contribution in [2.75, 3.05) is 20.3 Å². The maximum Gasteiger partial charge on any atom is 0.0690 e. The van der Waals surface area contributed by atoms with Gasteiger partial charge in [-0.2, -0.15) is 0 Å². The van der Waals surface area contributed by atoms with E-state index in [2.05, 4.69) is 33.0 Å². The highest BCUT2D eigenvalue weighted by Gasteiger charge is 2.66. The maximum absolute atomic E-state index is 6.84. The van der Waals surface area contributed by atoms with Crippen molar-refractivity contribution >= 4 is 0 Å². The Morgan fingerprint density at radius 3 is 2.62 bits per heavy atom. The van der Waals surface area contributed by atoms with Gasteiger partial charge < -0.3 is 20.5 Å². The summed E-state index contributed by atoms with van der Waals surface area (Å²) in [6.45, 7) is 10.9. The molecule has 5 atom stereocenters. The Hall–Kier alpha value is -0.160. The van der Waals surface area contributed by atoms with Crippen LogP contribution in [0.3, 0.4) is 0 Å². The van der Waals surface area contributed by atoms with Gasteiger partial charge in [0.2, 0.25) is 0 Å². The van der Waals surface area contributed by atoms with Gasteiger partial charge in [-0.25, -0.2) is 0 Å². The lowest BCUT2D eigenvalue weighted by Gasteiger charge is -2.67. The maximum atomic E-state index is 6.84. The highest BCUT2D eigenvalue weighted by atomic mass is 16.5. The Labute approximate surface area is 129 Å². The van der Waals surface area contributed by atoms with E-state index in [9.17, 15) is 0 Å². The second kappa shape index (κ2) is 4.92. The highest BCUT2D eigenvalue weighted by Crippen LogP contribution is 2.57. The fraction of sp³-hybridized carbons (Fsp3) is 1.00. The topological polar surface area (TPSA) is 56.5 Å². The van der Waals surface area contributed by atoms with Crippen molar-refractivity contribution in [1.82, 2.24) is 5.32 Å². The summed E-state index contributed by atoms with van der Waals surface area (Å²) in [4.78, 5) is 0. The van der Waals surface area contributed by atoms with Crippen molar-refractivity contribution < 1.29 is 9.47 Å². The van der Waals surface area contributed by atoms with E-state index in [-0.39, 0.29) is 16.4 Å². The number of ether oxygens (including phenoxy) is 2. The molecule has 0 spiro atoms. The molecule has 2 aliphatic carbocycles. The third-order valence-corrected chi connectivity index (χ3v) is 7.00. The molecule has 0 radical (unpaired) electrons. The summed E-state index contributed by atoms with van der Waals surface area (Å²) < 4.78 is 11.5. The van der Waals surface area contributed by atoms with Gasteiger partial charge in [-0.3, -0.25) is 0 Å². The molecule has 5 unspecified atom stereocenters. The van der Waals surface area contributed by atoms with Crippen molar-refractivity contribution in [2.24, 2.45) is 22.5 Å². The molecule has 0 aromatic rings. The van der Waals surface area contributed by atoms with Gasteiger partial charge in [0.25, 0.3) is 0 Å². The number of nitrogens with one attached hydrogen (secondary N) is 1. The van der Waals surface area contributed by atoms with Crippen molar-refractivity contribution in [2.45, 2.75) is 70.7 Å². The van der Waals surface area contributed by atoms with E-state index in [1.54, 1.807) is 0 Å².